The van der Waals surface area contributed by atoms with Crippen LogP contribution in [0.1, 0.15) is 36.6 Å². The smallest absolute Gasteiger partial charge is 0.343 e. The lowest BCUT2D eigenvalue weighted by Crippen LogP contribution is -2.15. The molecular formula is C22H18N2O4. The number of ether oxygens (including phenoxy) is 1. The average Bonchev–Trinajstić information content (AvgIpc) is 2.70. The van der Waals surface area contributed by atoms with Crippen LogP contribution in [-0.4, -0.2) is 17.8 Å². The summed E-state index contributed by atoms with van der Waals surface area (Å²) in [6.07, 6.45) is 0. The zero-order chi connectivity index (χ0) is 20.1. The van der Waals surface area contributed by atoms with Gasteiger partial charge in [0.1, 0.15) is 5.75 Å². The maximum atomic E-state index is 12.5. The standard InChI is InChI=1S/C22H18N2O4/c1-14-10-11-17(13-19(14)24-21(26)15-6-3-2-4-7-15)22(27)28-18-9-5-8-16(12-18)20(23)25/h2-13H,1H3,(H2,23,25)(H,24,26). The van der Waals surface area contributed by atoms with Gasteiger partial charge in [0.25, 0.3) is 5.91 Å². The minimum Gasteiger partial charge on any atom is -0.423 e. The molecule has 0 aliphatic heterocycles. The van der Waals surface area contributed by atoms with Crippen LogP contribution in [0.3, 0.4) is 0 Å². The van der Waals surface area contributed by atoms with Crippen LogP contribution >= 0.6 is 0 Å². The second kappa shape index (κ2) is 8.18. The third kappa shape index (κ3) is 4.42. The summed E-state index contributed by atoms with van der Waals surface area (Å²) in [5, 5.41) is 2.80. The first-order valence-electron chi connectivity index (χ1n) is 8.53. The number of carbonyl (C=O) groups excluding carboxylic acids is 3. The van der Waals surface area contributed by atoms with Crippen molar-refractivity contribution in [1.82, 2.24) is 0 Å². The molecule has 140 valence electrons. The Bertz CT molecular complexity index is 1050. The van der Waals surface area contributed by atoms with Crippen molar-refractivity contribution in [3.63, 3.8) is 0 Å². The Morgan fingerprint density at radius 3 is 2.25 bits per heavy atom. The zero-order valence-corrected chi connectivity index (χ0v) is 15.1. The number of amides is 2. The molecule has 6 heteroatoms. The molecule has 0 spiro atoms. The molecule has 3 aromatic rings. The van der Waals surface area contributed by atoms with E-state index in [0.29, 0.717) is 11.3 Å². The second-order valence-electron chi connectivity index (χ2n) is 6.13. The third-order valence-corrected chi connectivity index (χ3v) is 4.09. The summed E-state index contributed by atoms with van der Waals surface area (Å²) in [4.78, 5) is 36.1. The Balaban J connectivity index is 1.78. The first-order chi connectivity index (χ1) is 13.4. The van der Waals surface area contributed by atoms with E-state index in [-0.39, 0.29) is 22.8 Å². The van der Waals surface area contributed by atoms with Gasteiger partial charge < -0.3 is 15.8 Å². The van der Waals surface area contributed by atoms with Gasteiger partial charge in [-0.3, -0.25) is 9.59 Å². The van der Waals surface area contributed by atoms with Crippen LogP contribution in [0.15, 0.2) is 72.8 Å². The number of hydrogen-bond acceptors (Lipinski definition) is 4. The Morgan fingerprint density at radius 1 is 0.821 bits per heavy atom. The van der Waals surface area contributed by atoms with Crippen molar-refractivity contribution in [2.45, 2.75) is 6.92 Å². The minimum atomic E-state index is -0.614. The normalized spacial score (nSPS) is 10.2. The molecule has 0 heterocycles. The lowest BCUT2D eigenvalue weighted by Gasteiger charge is -2.11. The molecule has 0 saturated heterocycles. The van der Waals surface area contributed by atoms with E-state index < -0.39 is 11.9 Å². The lowest BCUT2D eigenvalue weighted by atomic mass is 10.1. The lowest BCUT2D eigenvalue weighted by molar-refractivity contribution is 0.0733. The minimum absolute atomic E-state index is 0.205. The molecule has 3 aromatic carbocycles. The van der Waals surface area contributed by atoms with Crippen LogP contribution in [0, 0.1) is 6.92 Å². The topological polar surface area (TPSA) is 98.5 Å². The molecule has 28 heavy (non-hydrogen) atoms. The Kier molecular flexibility index (Phi) is 5.50. The summed E-state index contributed by atoms with van der Waals surface area (Å²) >= 11 is 0. The average molecular weight is 374 g/mol. The molecular weight excluding hydrogens is 356 g/mol. The van der Waals surface area contributed by atoms with Crippen molar-refractivity contribution in [2.24, 2.45) is 5.73 Å². The summed E-state index contributed by atoms with van der Waals surface area (Å²) in [6, 6.07) is 19.7. The van der Waals surface area contributed by atoms with E-state index in [2.05, 4.69) is 5.32 Å². The van der Waals surface area contributed by atoms with Gasteiger partial charge in [0.15, 0.2) is 0 Å². The van der Waals surface area contributed by atoms with E-state index in [9.17, 15) is 14.4 Å². The van der Waals surface area contributed by atoms with Crippen LogP contribution in [0.4, 0.5) is 5.69 Å². The Morgan fingerprint density at radius 2 is 1.54 bits per heavy atom. The van der Waals surface area contributed by atoms with Crippen LogP contribution in [0.25, 0.3) is 0 Å². The highest BCUT2D eigenvalue weighted by Crippen LogP contribution is 2.20. The van der Waals surface area contributed by atoms with Gasteiger partial charge in [-0.1, -0.05) is 30.3 Å². The number of nitrogens with one attached hydrogen (secondary N) is 1. The predicted molar refractivity (Wildman–Crippen MR) is 105 cm³/mol. The van der Waals surface area contributed by atoms with Gasteiger partial charge in [0, 0.05) is 16.8 Å². The van der Waals surface area contributed by atoms with Crippen LogP contribution in [0.5, 0.6) is 5.75 Å². The largest absolute Gasteiger partial charge is 0.423 e. The molecule has 0 atom stereocenters. The zero-order valence-electron chi connectivity index (χ0n) is 15.1. The number of carbonyl (C=O) groups is 3. The molecule has 3 rings (SSSR count). The highest BCUT2D eigenvalue weighted by molar-refractivity contribution is 6.05. The van der Waals surface area contributed by atoms with Gasteiger partial charge in [0.2, 0.25) is 5.91 Å². The molecule has 6 nitrogen and oxygen atoms in total. The quantitative estimate of drug-likeness (QED) is 0.527. The van der Waals surface area contributed by atoms with Crippen molar-refractivity contribution in [2.75, 3.05) is 5.32 Å². The molecule has 0 bridgehead atoms. The summed E-state index contributed by atoms with van der Waals surface area (Å²) < 4.78 is 5.32. The van der Waals surface area contributed by atoms with E-state index in [0.717, 1.165) is 5.56 Å². The number of anilines is 1. The van der Waals surface area contributed by atoms with E-state index in [1.54, 1.807) is 54.6 Å². The third-order valence-electron chi connectivity index (χ3n) is 4.09. The number of hydrogen-bond donors (Lipinski definition) is 2. The second-order valence-corrected chi connectivity index (χ2v) is 6.13. The fourth-order valence-corrected chi connectivity index (χ4v) is 2.55. The maximum absolute atomic E-state index is 12.5. The summed E-state index contributed by atoms with van der Waals surface area (Å²) in [7, 11) is 0. The van der Waals surface area contributed by atoms with Gasteiger partial charge in [-0.15, -0.1) is 0 Å². The molecule has 0 saturated carbocycles. The molecule has 0 fully saturated rings. The summed E-state index contributed by atoms with van der Waals surface area (Å²) in [5.74, 6) is -1.30. The molecule has 0 radical (unpaired) electrons. The van der Waals surface area contributed by atoms with Crippen LogP contribution in [-0.2, 0) is 0 Å². The van der Waals surface area contributed by atoms with E-state index in [4.69, 9.17) is 10.5 Å². The van der Waals surface area contributed by atoms with Crippen molar-refractivity contribution < 1.29 is 19.1 Å². The van der Waals surface area contributed by atoms with Crippen molar-refractivity contribution >= 4 is 23.5 Å². The predicted octanol–water partition coefficient (Wildman–Crippen LogP) is 3.57. The number of primary amides is 1. The van der Waals surface area contributed by atoms with E-state index in [1.807, 2.05) is 13.0 Å². The van der Waals surface area contributed by atoms with Crippen LogP contribution in [0.2, 0.25) is 0 Å². The van der Waals surface area contributed by atoms with Crippen molar-refractivity contribution in [3.05, 3.63) is 95.1 Å². The Hall–Kier alpha value is -3.93. The number of aryl methyl sites for hydroxylation is 1. The molecule has 0 aliphatic rings. The van der Waals surface area contributed by atoms with Gasteiger partial charge in [0.05, 0.1) is 5.56 Å². The van der Waals surface area contributed by atoms with Gasteiger partial charge in [-0.05, 0) is 55.0 Å². The first kappa shape index (κ1) is 18.8. The van der Waals surface area contributed by atoms with Gasteiger partial charge in [-0.2, -0.15) is 0 Å². The van der Waals surface area contributed by atoms with Crippen molar-refractivity contribution in [3.8, 4) is 5.75 Å². The Labute approximate surface area is 161 Å². The molecule has 3 N–H and O–H groups in total. The highest BCUT2D eigenvalue weighted by Gasteiger charge is 2.14. The number of rotatable bonds is 5. The number of nitrogens with two attached hydrogens (primary N) is 1. The fourth-order valence-electron chi connectivity index (χ4n) is 2.55. The fraction of sp³-hybridized carbons (Fsp3) is 0.0455. The molecule has 2 amide bonds. The monoisotopic (exact) mass is 374 g/mol. The summed E-state index contributed by atoms with van der Waals surface area (Å²) in [5.41, 5.74) is 7.56. The molecule has 0 aliphatic carbocycles. The SMILES string of the molecule is Cc1ccc(C(=O)Oc2cccc(C(N)=O)c2)cc1NC(=O)c1ccccc1. The summed E-state index contributed by atoms with van der Waals surface area (Å²) in [6.45, 7) is 1.83. The van der Waals surface area contributed by atoms with Gasteiger partial charge >= 0.3 is 5.97 Å². The van der Waals surface area contributed by atoms with Crippen LogP contribution < -0.4 is 15.8 Å². The highest BCUT2D eigenvalue weighted by atomic mass is 16.5. The first-order valence-corrected chi connectivity index (χ1v) is 8.53. The molecule has 0 unspecified atom stereocenters. The van der Waals surface area contributed by atoms with Gasteiger partial charge in [-0.25, -0.2) is 4.79 Å². The maximum Gasteiger partial charge on any atom is 0.343 e. The van der Waals surface area contributed by atoms with E-state index in [1.165, 1.54) is 12.1 Å². The number of esters is 1. The van der Waals surface area contributed by atoms with Crippen molar-refractivity contribution in [1.29, 1.82) is 0 Å². The number of benzene rings is 3. The van der Waals surface area contributed by atoms with E-state index >= 15 is 0 Å². The molecule has 0 aromatic heterocycles.